The lowest BCUT2D eigenvalue weighted by Gasteiger charge is -2.15. The number of halogens is 3. The van der Waals surface area contributed by atoms with Gasteiger partial charge in [0.1, 0.15) is 0 Å². The Morgan fingerprint density at radius 2 is 1.89 bits per heavy atom. The predicted octanol–water partition coefficient (Wildman–Crippen LogP) is 2.16. The molecule has 0 saturated carbocycles. The molecule has 0 N–H and O–H groups in total. The number of hydrogen-bond acceptors (Lipinski definition) is 1. The lowest BCUT2D eigenvalue weighted by molar-refractivity contribution is 0.370. The quantitative estimate of drug-likeness (QED) is 0.489. The highest BCUT2D eigenvalue weighted by molar-refractivity contribution is 6.22. The monoisotopic (exact) mass is 191 g/mol. The maximum atomic E-state index is 5.76. The van der Waals surface area contributed by atoms with Crippen molar-refractivity contribution in [2.45, 2.75) is 11.9 Å². The third-order valence-electron chi connectivity index (χ3n) is 0.908. The van der Waals surface area contributed by atoms with Gasteiger partial charge >= 0.3 is 0 Å². The molecule has 1 unspecified atom stereocenters. The van der Waals surface area contributed by atoms with Crippen molar-refractivity contribution in [3.05, 3.63) is 0 Å². The lowest BCUT2D eigenvalue weighted by atomic mass is 10.4. The Hall–Kier alpha value is 0.830. The minimum absolute atomic E-state index is 0. The van der Waals surface area contributed by atoms with Gasteiger partial charge in [0.15, 0.2) is 0 Å². The highest BCUT2D eigenvalue weighted by Crippen LogP contribution is 2.04. The highest BCUT2D eigenvalue weighted by Gasteiger charge is 2.03. The van der Waals surface area contributed by atoms with E-state index in [-0.39, 0.29) is 17.9 Å². The first-order valence-corrected chi connectivity index (χ1v) is 3.52. The van der Waals surface area contributed by atoms with Crippen molar-refractivity contribution in [2.75, 3.05) is 20.0 Å². The summed E-state index contributed by atoms with van der Waals surface area (Å²) in [5.41, 5.74) is 0.0903. The summed E-state index contributed by atoms with van der Waals surface area (Å²) in [6.45, 7) is 0. The molecule has 0 amide bonds. The summed E-state index contributed by atoms with van der Waals surface area (Å²) in [6.07, 6.45) is 0.843. The average molecular weight is 193 g/mol. The molecule has 0 saturated heterocycles. The van der Waals surface area contributed by atoms with Gasteiger partial charge in [0.25, 0.3) is 0 Å². The van der Waals surface area contributed by atoms with Crippen LogP contribution in [0.5, 0.6) is 0 Å². The topological polar surface area (TPSA) is 3.24 Å². The van der Waals surface area contributed by atoms with E-state index >= 15 is 0 Å². The maximum absolute atomic E-state index is 5.76. The zero-order valence-electron chi connectivity index (χ0n) is 5.60. The van der Waals surface area contributed by atoms with Gasteiger partial charge in [-0.25, -0.2) is 0 Å². The molecule has 0 heterocycles. The molecule has 0 aromatic carbocycles. The molecule has 0 radical (unpaired) electrons. The minimum Gasteiger partial charge on any atom is -0.294 e. The van der Waals surface area contributed by atoms with E-state index in [0.29, 0.717) is 5.88 Å². The van der Waals surface area contributed by atoms with Gasteiger partial charge in [-0.1, -0.05) is 0 Å². The van der Waals surface area contributed by atoms with Crippen molar-refractivity contribution >= 4 is 35.6 Å². The summed E-state index contributed by atoms with van der Waals surface area (Å²) in [4.78, 5) is 1.93. The highest BCUT2D eigenvalue weighted by atomic mass is 35.5. The first kappa shape index (κ1) is 12.5. The van der Waals surface area contributed by atoms with Crippen LogP contribution in [0.25, 0.3) is 0 Å². The van der Waals surface area contributed by atoms with E-state index in [2.05, 4.69) is 0 Å². The van der Waals surface area contributed by atoms with E-state index < -0.39 is 0 Å². The third kappa shape index (κ3) is 6.72. The van der Waals surface area contributed by atoms with Crippen LogP contribution in [0, 0.1) is 0 Å². The molecule has 0 spiro atoms. The van der Waals surface area contributed by atoms with Crippen LogP contribution in [-0.2, 0) is 0 Å². The van der Waals surface area contributed by atoms with E-state index in [4.69, 9.17) is 23.2 Å². The lowest BCUT2D eigenvalue weighted by Crippen LogP contribution is -2.22. The van der Waals surface area contributed by atoms with Gasteiger partial charge in [-0.3, -0.25) is 4.90 Å². The van der Waals surface area contributed by atoms with Gasteiger partial charge in [-0.05, 0) is 20.5 Å². The molecule has 1 nitrogen and oxygen atoms in total. The summed E-state index contributed by atoms with van der Waals surface area (Å²) < 4.78 is 0. The number of alkyl halides is 2. The minimum atomic E-state index is 0. The zero-order valence-corrected chi connectivity index (χ0v) is 7.93. The van der Waals surface area contributed by atoms with E-state index in [9.17, 15) is 0 Å². The van der Waals surface area contributed by atoms with Crippen molar-refractivity contribution in [3.8, 4) is 0 Å². The summed E-state index contributed by atoms with van der Waals surface area (Å²) >= 11 is 11.2. The first-order valence-electron chi connectivity index (χ1n) is 2.55. The molecule has 0 rings (SSSR count). The van der Waals surface area contributed by atoms with E-state index in [1.165, 1.54) is 0 Å². The van der Waals surface area contributed by atoms with Crippen LogP contribution in [-0.4, -0.2) is 30.4 Å². The van der Waals surface area contributed by atoms with Crippen molar-refractivity contribution in [1.29, 1.82) is 0 Å². The molecule has 0 aliphatic heterocycles. The largest absolute Gasteiger partial charge is 0.294 e. The number of rotatable bonds is 3. The molecule has 0 aromatic rings. The second-order valence-corrected chi connectivity index (χ2v) is 2.76. The second-order valence-electron chi connectivity index (χ2n) is 1.88. The summed E-state index contributed by atoms with van der Waals surface area (Å²) in [5, 5.41) is 0. The van der Waals surface area contributed by atoms with Crippen LogP contribution in [0.3, 0.4) is 0 Å². The number of nitrogens with zero attached hydrogens (tertiary/aromatic N) is 1. The van der Waals surface area contributed by atoms with Gasteiger partial charge in [0, 0.05) is 5.88 Å². The second kappa shape index (κ2) is 6.94. The fourth-order valence-corrected chi connectivity index (χ4v) is 0.776. The van der Waals surface area contributed by atoms with Gasteiger partial charge in [0.2, 0.25) is 0 Å². The molecule has 9 heavy (non-hydrogen) atoms. The van der Waals surface area contributed by atoms with E-state index in [1.807, 2.05) is 19.0 Å². The predicted molar refractivity (Wildman–Crippen MR) is 45.9 cm³/mol. The van der Waals surface area contributed by atoms with Gasteiger partial charge in [-0.15, -0.1) is 35.6 Å². The zero-order chi connectivity index (χ0) is 6.57. The normalized spacial score (nSPS) is 13.0. The van der Waals surface area contributed by atoms with Gasteiger partial charge in [0.05, 0.1) is 5.50 Å². The Morgan fingerprint density at radius 3 is 2.00 bits per heavy atom. The standard InChI is InChI=1S/C5H11Cl2N.ClH/c1-8(2)5(7)3-4-6;/h5H,3-4H2,1-2H3;1H. The fourth-order valence-electron chi connectivity index (χ4n) is 0.348. The summed E-state index contributed by atoms with van der Waals surface area (Å²) in [7, 11) is 3.87. The molecular formula is C5H12Cl3N. The summed E-state index contributed by atoms with van der Waals surface area (Å²) in [6, 6.07) is 0. The van der Waals surface area contributed by atoms with Gasteiger partial charge in [-0.2, -0.15) is 0 Å². The SMILES string of the molecule is CN(C)C(Cl)CCCl.Cl. The molecule has 4 heteroatoms. The molecule has 0 fully saturated rings. The van der Waals surface area contributed by atoms with Crippen molar-refractivity contribution in [1.82, 2.24) is 4.90 Å². The first-order chi connectivity index (χ1) is 3.68. The van der Waals surface area contributed by atoms with E-state index in [1.54, 1.807) is 0 Å². The number of hydrogen-bond donors (Lipinski definition) is 0. The van der Waals surface area contributed by atoms with Crippen LogP contribution in [0.1, 0.15) is 6.42 Å². The van der Waals surface area contributed by atoms with Crippen LogP contribution in [0.2, 0.25) is 0 Å². The van der Waals surface area contributed by atoms with Crippen LogP contribution in [0.4, 0.5) is 0 Å². The molecule has 0 aromatic heterocycles. The third-order valence-corrected chi connectivity index (χ3v) is 1.73. The molecule has 58 valence electrons. The van der Waals surface area contributed by atoms with Crippen LogP contribution < -0.4 is 0 Å². The van der Waals surface area contributed by atoms with Crippen LogP contribution in [0.15, 0.2) is 0 Å². The van der Waals surface area contributed by atoms with Crippen molar-refractivity contribution in [3.63, 3.8) is 0 Å². The van der Waals surface area contributed by atoms with Crippen molar-refractivity contribution in [2.24, 2.45) is 0 Å². The van der Waals surface area contributed by atoms with Gasteiger partial charge < -0.3 is 0 Å². The molecule has 0 aliphatic rings. The fraction of sp³-hybridized carbons (Fsp3) is 1.00. The maximum Gasteiger partial charge on any atom is 0.0856 e. The Labute approximate surface area is 72.7 Å². The Bertz CT molecular complexity index is 58.2. The Balaban J connectivity index is 0. The Morgan fingerprint density at radius 1 is 1.44 bits per heavy atom. The molecule has 0 bridgehead atoms. The van der Waals surface area contributed by atoms with Crippen molar-refractivity contribution < 1.29 is 0 Å². The molecule has 0 aliphatic carbocycles. The summed E-state index contributed by atoms with van der Waals surface area (Å²) in [5.74, 6) is 0.631. The van der Waals surface area contributed by atoms with Crippen LogP contribution >= 0.6 is 35.6 Å². The van der Waals surface area contributed by atoms with E-state index in [0.717, 1.165) is 6.42 Å². The average Bonchev–Trinajstić information content (AvgIpc) is 1.67. The Kier molecular flexibility index (Phi) is 9.64. The smallest absolute Gasteiger partial charge is 0.0856 e. The molecule has 1 atom stereocenters. The molecular weight excluding hydrogens is 180 g/mol.